The minimum atomic E-state index is 1.11. The van der Waals surface area contributed by atoms with Crippen LogP contribution in [0.5, 0.6) is 0 Å². The van der Waals surface area contributed by atoms with E-state index in [0.717, 1.165) is 5.75 Å². The predicted molar refractivity (Wildman–Crippen MR) is 77.9 cm³/mol. The van der Waals surface area contributed by atoms with Gasteiger partial charge in [-0.1, -0.05) is 55.5 Å². The van der Waals surface area contributed by atoms with Gasteiger partial charge in [-0.25, -0.2) is 0 Å². The third-order valence-electron chi connectivity index (χ3n) is 3.01. The fourth-order valence-electron chi connectivity index (χ4n) is 2.27. The smallest absolute Gasteiger partial charge is 0.0229 e. The SMILES string of the molecule is CCSc1c2ccccc2cc2ccccc12. The van der Waals surface area contributed by atoms with E-state index in [2.05, 4.69) is 61.5 Å². The lowest BCUT2D eigenvalue weighted by molar-refractivity contribution is 1.50. The first-order valence-corrected chi connectivity index (χ1v) is 6.92. The number of fused-ring (bicyclic) bond motifs is 2. The number of benzene rings is 3. The molecule has 1 heteroatoms. The van der Waals surface area contributed by atoms with Gasteiger partial charge in [0.15, 0.2) is 0 Å². The van der Waals surface area contributed by atoms with Crippen molar-refractivity contribution in [3.8, 4) is 0 Å². The van der Waals surface area contributed by atoms with E-state index in [0.29, 0.717) is 0 Å². The molecular formula is C16H14S. The van der Waals surface area contributed by atoms with Gasteiger partial charge in [-0.05, 0) is 33.4 Å². The van der Waals surface area contributed by atoms with Gasteiger partial charge in [-0.15, -0.1) is 11.8 Å². The molecule has 0 aliphatic rings. The van der Waals surface area contributed by atoms with Gasteiger partial charge >= 0.3 is 0 Å². The average Bonchev–Trinajstić information content (AvgIpc) is 2.39. The monoisotopic (exact) mass is 238 g/mol. The molecule has 0 aromatic heterocycles. The maximum absolute atomic E-state index is 2.28. The van der Waals surface area contributed by atoms with Crippen molar-refractivity contribution in [1.82, 2.24) is 0 Å². The molecule has 3 rings (SSSR count). The van der Waals surface area contributed by atoms with Crippen LogP contribution < -0.4 is 0 Å². The van der Waals surface area contributed by atoms with Crippen LogP contribution in [0.4, 0.5) is 0 Å². The molecule has 0 atom stereocenters. The van der Waals surface area contributed by atoms with Crippen molar-refractivity contribution in [3.63, 3.8) is 0 Å². The molecule has 0 radical (unpaired) electrons. The van der Waals surface area contributed by atoms with E-state index in [1.165, 1.54) is 26.4 Å². The topological polar surface area (TPSA) is 0 Å². The average molecular weight is 238 g/mol. The van der Waals surface area contributed by atoms with E-state index in [1.807, 2.05) is 11.8 Å². The summed E-state index contributed by atoms with van der Waals surface area (Å²) < 4.78 is 0. The van der Waals surface area contributed by atoms with Crippen LogP contribution in [-0.4, -0.2) is 5.75 Å². The number of hydrogen-bond acceptors (Lipinski definition) is 1. The quantitative estimate of drug-likeness (QED) is 0.442. The Bertz CT molecular complexity index is 616. The van der Waals surface area contributed by atoms with Crippen LogP contribution in [0.3, 0.4) is 0 Å². The van der Waals surface area contributed by atoms with E-state index < -0.39 is 0 Å². The fraction of sp³-hybridized carbons (Fsp3) is 0.125. The molecule has 0 saturated carbocycles. The highest BCUT2D eigenvalue weighted by Crippen LogP contribution is 2.35. The first-order chi connectivity index (χ1) is 8.40. The second-order valence-electron chi connectivity index (χ2n) is 4.08. The van der Waals surface area contributed by atoms with Crippen molar-refractivity contribution in [3.05, 3.63) is 54.6 Å². The molecule has 0 amide bonds. The lowest BCUT2D eigenvalue weighted by atomic mass is 10.0. The zero-order valence-corrected chi connectivity index (χ0v) is 10.6. The first-order valence-electron chi connectivity index (χ1n) is 5.93. The van der Waals surface area contributed by atoms with E-state index in [1.54, 1.807) is 0 Å². The molecule has 0 saturated heterocycles. The second-order valence-corrected chi connectivity index (χ2v) is 5.36. The molecule has 84 valence electrons. The standard InChI is InChI=1S/C16H14S/c1-2-17-16-14-9-5-3-7-12(14)11-13-8-4-6-10-15(13)16/h3-11H,2H2,1H3. The Hall–Kier alpha value is -1.47. The Morgan fingerprint density at radius 2 is 1.35 bits per heavy atom. The summed E-state index contributed by atoms with van der Waals surface area (Å²) in [5.74, 6) is 1.11. The fourth-order valence-corrected chi connectivity index (χ4v) is 3.24. The summed E-state index contributed by atoms with van der Waals surface area (Å²) in [6.07, 6.45) is 0. The Labute approximate surface area is 106 Å². The van der Waals surface area contributed by atoms with E-state index in [-0.39, 0.29) is 0 Å². The molecule has 3 aromatic carbocycles. The minimum absolute atomic E-state index is 1.11. The molecule has 0 fully saturated rings. The number of thioether (sulfide) groups is 1. The van der Waals surface area contributed by atoms with E-state index >= 15 is 0 Å². The van der Waals surface area contributed by atoms with Gasteiger partial charge in [-0.3, -0.25) is 0 Å². The number of rotatable bonds is 2. The molecule has 0 bridgehead atoms. The lowest BCUT2D eigenvalue weighted by Crippen LogP contribution is -1.82. The van der Waals surface area contributed by atoms with Gasteiger partial charge < -0.3 is 0 Å². The van der Waals surface area contributed by atoms with Crippen LogP contribution in [0.15, 0.2) is 59.5 Å². The van der Waals surface area contributed by atoms with Crippen molar-refractivity contribution in [2.75, 3.05) is 5.75 Å². The molecule has 0 unspecified atom stereocenters. The van der Waals surface area contributed by atoms with E-state index in [9.17, 15) is 0 Å². The molecule has 17 heavy (non-hydrogen) atoms. The zero-order chi connectivity index (χ0) is 11.7. The van der Waals surface area contributed by atoms with Crippen LogP contribution in [0.2, 0.25) is 0 Å². The highest BCUT2D eigenvalue weighted by Gasteiger charge is 2.06. The van der Waals surface area contributed by atoms with E-state index in [4.69, 9.17) is 0 Å². The van der Waals surface area contributed by atoms with Gasteiger partial charge in [-0.2, -0.15) is 0 Å². The zero-order valence-electron chi connectivity index (χ0n) is 9.81. The van der Waals surface area contributed by atoms with Crippen LogP contribution >= 0.6 is 11.8 Å². The van der Waals surface area contributed by atoms with Crippen LogP contribution in [0.1, 0.15) is 6.92 Å². The summed E-state index contributed by atoms with van der Waals surface area (Å²) in [5.41, 5.74) is 0. The molecule has 0 nitrogen and oxygen atoms in total. The Morgan fingerprint density at radius 1 is 0.824 bits per heavy atom. The highest BCUT2D eigenvalue weighted by atomic mass is 32.2. The third-order valence-corrected chi connectivity index (χ3v) is 4.03. The van der Waals surface area contributed by atoms with Crippen molar-refractivity contribution < 1.29 is 0 Å². The lowest BCUT2D eigenvalue weighted by Gasteiger charge is -2.09. The maximum Gasteiger partial charge on any atom is 0.0229 e. The maximum atomic E-state index is 2.28. The van der Waals surface area contributed by atoms with Crippen molar-refractivity contribution in [2.45, 2.75) is 11.8 Å². The molecule has 0 N–H and O–H groups in total. The summed E-state index contributed by atoms with van der Waals surface area (Å²) in [6.45, 7) is 2.21. The largest absolute Gasteiger partial charge is 0.125 e. The summed E-state index contributed by atoms with van der Waals surface area (Å²) in [5, 5.41) is 5.42. The van der Waals surface area contributed by atoms with Crippen molar-refractivity contribution in [1.29, 1.82) is 0 Å². The summed E-state index contributed by atoms with van der Waals surface area (Å²) in [7, 11) is 0. The van der Waals surface area contributed by atoms with Gasteiger partial charge in [0.05, 0.1) is 0 Å². The Morgan fingerprint density at radius 3 is 1.88 bits per heavy atom. The first kappa shape index (κ1) is 10.7. The summed E-state index contributed by atoms with van der Waals surface area (Å²) >= 11 is 1.93. The Balaban J connectivity index is 2.47. The van der Waals surface area contributed by atoms with Crippen LogP contribution in [0, 0.1) is 0 Å². The molecule has 0 aliphatic carbocycles. The highest BCUT2D eigenvalue weighted by molar-refractivity contribution is 7.99. The molecule has 0 heterocycles. The van der Waals surface area contributed by atoms with Crippen LogP contribution in [0.25, 0.3) is 21.5 Å². The van der Waals surface area contributed by atoms with Crippen LogP contribution in [-0.2, 0) is 0 Å². The predicted octanol–water partition coefficient (Wildman–Crippen LogP) is 5.11. The second kappa shape index (κ2) is 4.42. The minimum Gasteiger partial charge on any atom is -0.125 e. The molecule has 3 aromatic rings. The van der Waals surface area contributed by atoms with Gasteiger partial charge in [0.25, 0.3) is 0 Å². The molecular weight excluding hydrogens is 224 g/mol. The summed E-state index contributed by atoms with van der Waals surface area (Å²) in [6, 6.07) is 19.6. The van der Waals surface area contributed by atoms with Crippen molar-refractivity contribution in [2.24, 2.45) is 0 Å². The molecule has 0 spiro atoms. The summed E-state index contributed by atoms with van der Waals surface area (Å²) in [4.78, 5) is 1.42. The van der Waals surface area contributed by atoms with Gasteiger partial charge in [0, 0.05) is 4.90 Å². The Kier molecular flexibility index (Phi) is 2.77. The van der Waals surface area contributed by atoms with Gasteiger partial charge in [0.2, 0.25) is 0 Å². The number of hydrogen-bond donors (Lipinski definition) is 0. The third kappa shape index (κ3) is 1.81. The normalized spacial score (nSPS) is 11.1. The molecule has 0 aliphatic heterocycles. The van der Waals surface area contributed by atoms with Crippen molar-refractivity contribution >= 4 is 33.3 Å². The van der Waals surface area contributed by atoms with Gasteiger partial charge in [0.1, 0.15) is 0 Å².